The van der Waals surface area contributed by atoms with Crippen LogP contribution in [0.3, 0.4) is 0 Å². The summed E-state index contributed by atoms with van der Waals surface area (Å²) in [7, 11) is 1.72. The summed E-state index contributed by atoms with van der Waals surface area (Å²) in [6.07, 6.45) is 2.87. The molecule has 2 rings (SSSR count). The lowest BCUT2D eigenvalue weighted by Crippen LogP contribution is -2.12. The van der Waals surface area contributed by atoms with E-state index in [9.17, 15) is 4.79 Å². The van der Waals surface area contributed by atoms with Crippen molar-refractivity contribution < 1.29 is 14.3 Å². The fourth-order valence-corrected chi connectivity index (χ4v) is 3.21. The molecular formula is C25H33N3O3. The lowest BCUT2D eigenvalue weighted by atomic mass is 9.86. The highest BCUT2D eigenvalue weighted by atomic mass is 16.7. The molecule has 0 saturated heterocycles. The Morgan fingerprint density at radius 3 is 2.35 bits per heavy atom. The van der Waals surface area contributed by atoms with Gasteiger partial charge in [-0.15, -0.1) is 0 Å². The molecule has 0 fully saturated rings. The molecule has 0 spiro atoms. The SMILES string of the molecule is C=CC(=O)OCO/C(=C(/C=NC)c1ccc(C(C)(C)C)cc1)c1c(C)c(C)nn1CC. The number of carbonyl (C=O) groups excluding carboxylic acids is 1. The largest absolute Gasteiger partial charge is 0.454 e. The van der Waals surface area contributed by atoms with Gasteiger partial charge in [0.2, 0.25) is 6.79 Å². The number of rotatable bonds is 8. The molecule has 1 aromatic heterocycles. The van der Waals surface area contributed by atoms with Gasteiger partial charge in [-0.1, -0.05) is 51.6 Å². The second-order valence-corrected chi connectivity index (χ2v) is 8.26. The van der Waals surface area contributed by atoms with Gasteiger partial charge in [0, 0.05) is 37.0 Å². The van der Waals surface area contributed by atoms with Gasteiger partial charge in [0.05, 0.1) is 5.69 Å². The molecule has 0 radical (unpaired) electrons. The number of ether oxygens (including phenoxy) is 2. The van der Waals surface area contributed by atoms with E-state index in [2.05, 4.69) is 61.7 Å². The molecule has 0 amide bonds. The molecule has 31 heavy (non-hydrogen) atoms. The van der Waals surface area contributed by atoms with E-state index in [4.69, 9.17) is 9.47 Å². The summed E-state index contributed by atoms with van der Waals surface area (Å²) >= 11 is 0. The minimum absolute atomic E-state index is 0.0496. The molecule has 1 aromatic carbocycles. The molecule has 0 unspecified atom stereocenters. The van der Waals surface area contributed by atoms with Crippen molar-refractivity contribution in [1.82, 2.24) is 9.78 Å². The highest BCUT2D eigenvalue weighted by Gasteiger charge is 2.22. The van der Waals surface area contributed by atoms with Crippen molar-refractivity contribution in [3.63, 3.8) is 0 Å². The van der Waals surface area contributed by atoms with Crippen molar-refractivity contribution in [1.29, 1.82) is 0 Å². The van der Waals surface area contributed by atoms with Gasteiger partial charge in [0.1, 0.15) is 5.69 Å². The Morgan fingerprint density at radius 2 is 1.84 bits per heavy atom. The Bertz CT molecular complexity index is 990. The van der Waals surface area contributed by atoms with Crippen LogP contribution in [0.2, 0.25) is 0 Å². The van der Waals surface area contributed by atoms with Crippen LogP contribution in [0.5, 0.6) is 0 Å². The van der Waals surface area contributed by atoms with Crippen LogP contribution in [0.1, 0.15) is 55.8 Å². The first-order valence-corrected chi connectivity index (χ1v) is 10.4. The fourth-order valence-electron chi connectivity index (χ4n) is 3.21. The second-order valence-electron chi connectivity index (χ2n) is 8.26. The summed E-state index contributed by atoms with van der Waals surface area (Å²) in [5.74, 6) is 0.0161. The zero-order valence-electron chi connectivity index (χ0n) is 19.7. The number of aryl methyl sites for hydroxylation is 2. The first-order valence-electron chi connectivity index (χ1n) is 10.4. The molecule has 166 valence electrons. The monoisotopic (exact) mass is 423 g/mol. The van der Waals surface area contributed by atoms with Crippen molar-refractivity contribution in [2.45, 2.75) is 53.5 Å². The third-order valence-electron chi connectivity index (χ3n) is 5.08. The standard InChI is InChI=1S/C25H33N3O3/c1-9-22(29)30-16-31-24(23-17(3)18(4)27-28(23)10-2)21(15-26-8)19-11-13-20(14-12-19)25(5,6)7/h9,11-15H,1,10,16H2,2-8H3/b24-21-,26-15?. The van der Waals surface area contributed by atoms with Crippen LogP contribution in [-0.2, 0) is 26.2 Å². The molecule has 0 aliphatic heterocycles. The fraction of sp³-hybridized carbons (Fsp3) is 0.400. The van der Waals surface area contributed by atoms with Gasteiger partial charge in [-0.2, -0.15) is 5.10 Å². The number of esters is 1. The Kier molecular flexibility index (Phi) is 7.97. The van der Waals surface area contributed by atoms with Crippen LogP contribution >= 0.6 is 0 Å². The molecule has 0 bridgehead atoms. The van der Waals surface area contributed by atoms with Gasteiger partial charge < -0.3 is 9.47 Å². The van der Waals surface area contributed by atoms with Crippen molar-refractivity contribution in [3.8, 4) is 0 Å². The van der Waals surface area contributed by atoms with E-state index >= 15 is 0 Å². The summed E-state index contributed by atoms with van der Waals surface area (Å²) in [5.41, 5.74) is 5.77. The lowest BCUT2D eigenvalue weighted by Gasteiger charge is -2.20. The van der Waals surface area contributed by atoms with E-state index in [0.717, 1.165) is 34.2 Å². The quantitative estimate of drug-likeness (QED) is 0.195. The summed E-state index contributed by atoms with van der Waals surface area (Å²) in [6, 6.07) is 8.35. The van der Waals surface area contributed by atoms with Gasteiger partial charge in [-0.25, -0.2) is 4.79 Å². The molecule has 0 aliphatic rings. The maximum atomic E-state index is 11.5. The highest BCUT2D eigenvalue weighted by molar-refractivity contribution is 6.18. The van der Waals surface area contributed by atoms with Crippen LogP contribution in [0.4, 0.5) is 0 Å². The molecule has 0 N–H and O–H groups in total. The number of hydrogen-bond acceptors (Lipinski definition) is 5. The number of aromatic nitrogens is 2. The Labute approximate surface area is 185 Å². The third-order valence-corrected chi connectivity index (χ3v) is 5.08. The van der Waals surface area contributed by atoms with E-state index < -0.39 is 5.97 Å². The first-order chi connectivity index (χ1) is 14.6. The summed E-state index contributed by atoms with van der Waals surface area (Å²) in [6.45, 7) is 16.4. The maximum Gasteiger partial charge on any atom is 0.333 e. The minimum atomic E-state index is -0.545. The number of carbonyl (C=O) groups is 1. The molecule has 1 heterocycles. The molecule has 6 nitrogen and oxygen atoms in total. The predicted molar refractivity (Wildman–Crippen MR) is 126 cm³/mol. The molecule has 2 aromatic rings. The smallest absolute Gasteiger partial charge is 0.333 e. The summed E-state index contributed by atoms with van der Waals surface area (Å²) < 4.78 is 13.0. The number of allylic oxidation sites excluding steroid dienone is 1. The average Bonchev–Trinajstić information content (AvgIpc) is 3.03. The van der Waals surface area contributed by atoms with E-state index in [0.29, 0.717) is 12.3 Å². The molecule has 6 heteroatoms. The van der Waals surface area contributed by atoms with Gasteiger partial charge in [0.15, 0.2) is 5.76 Å². The first kappa shape index (κ1) is 24.1. The van der Waals surface area contributed by atoms with Gasteiger partial charge >= 0.3 is 5.97 Å². The van der Waals surface area contributed by atoms with Gasteiger partial charge in [0.25, 0.3) is 0 Å². The van der Waals surface area contributed by atoms with Gasteiger partial charge in [-0.05, 0) is 37.3 Å². The Hall–Kier alpha value is -3.15. The molecular weight excluding hydrogens is 390 g/mol. The predicted octanol–water partition coefficient (Wildman–Crippen LogP) is 5.09. The summed E-state index contributed by atoms with van der Waals surface area (Å²) in [5, 5.41) is 4.63. The van der Waals surface area contributed by atoms with Crippen molar-refractivity contribution in [3.05, 3.63) is 65.0 Å². The average molecular weight is 424 g/mol. The van der Waals surface area contributed by atoms with Crippen molar-refractivity contribution in [2.75, 3.05) is 13.8 Å². The van der Waals surface area contributed by atoms with Crippen LogP contribution in [0.25, 0.3) is 11.3 Å². The van der Waals surface area contributed by atoms with Crippen LogP contribution in [0.15, 0.2) is 41.9 Å². The summed E-state index contributed by atoms with van der Waals surface area (Å²) in [4.78, 5) is 15.8. The van der Waals surface area contributed by atoms with E-state index in [-0.39, 0.29) is 12.2 Å². The molecule has 0 atom stereocenters. The number of hydrogen-bond donors (Lipinski definition) is 0. The van der Waals surface area contributed by atoms with E-state index in [1.807, 2.05) is 25.5 Å². The molecule has 0 saturated carbocycles. The second kappa shape index (κ2) is 10.2. The van der Waals surface area contributed by atoms with Crippen LogP contribution < -0.4 is 0 Å². The van der Waals surface area contributed by atoms with Gasteiger partial charge in [-0.3, -0.25) is 9.67 Å². The highest BCUT2D eigenvalue weighted by Crippen LogP contribution is 2.31. The van der Waals surface area contributed by atoms with Crippen LogP contribution in [-0.4, -0.2) is 35.8 Å². The number of nitrogens with zero attached hydrogens (tertiary/aromatic N) is 3. The normalized spacial score (nSPS) is 12.6. The topological polar surface area (TPSA) is 65.7 Å². The van der Waals surface area contributed by atoms with Crippen molar-refractivity contribution >= 4 is 23.5 Å². The van der Waals surface area contributed by atoms with Crippen LogP contribution in [0, 0.1) is 13.8 Å². The van der Waals surface area contributed by atoms with Crippen molar-refractivity contribution in [2.24, 2.45) is 4.99 Å². The Balaban J connectivity index is 2.68. The number of aliphatic imine (C=N–C) groups is 1. The Morgan fingerprint density at radius 1 is 1.19 bits per heavy atom. The zero-order chi connectivity index (χ0) is 23.2. The minimum Gasteiger partial charge on any atom is -0.454 e. The van der Waals surface area contributed by atoms with E-state index in [1.54, 1.807) is 13.3 Å². The zero-order valence-corrected chi connectivity index (χ0v) is 19.7. The molecule has 0 aliphatic carbocycles. The lowest BCUT2D eigenvalue weighted by molar-refractivity contribution is -0.145. The van der Waals surface area contributed by atoms with E-state index in [1.165, 1.54) is 5.56 Å². The maximum absolute atomic E-state index is 11.5. The number of benzene rings is 1. The third kappa shape index (κ3) is 5.72.